The van der Waals surface area contributed by atoms with E-state index in [-0.39, 0.29) is 10.8 Å². The number of benzene rings is 2. The first kappa shape index (κ1) is 20.0. The predicted octanol–water partition coefficient (Wildman–Crippen LogP) is 5.09. The molecule has 0 amide bonds. The predicted molar refractivity (Wildman–Crippen MR) is 102 cm³/mol. The number of aromatic nitrogens is 5. The van der Waals surface area contributed by atoms with E-state index in [2.05, 4.69) is 20.4 Å². The van der Waals surface area contributed by atoms with Crippen LogP contribution in [0.4, 0.5) is 17.6 Å². The maximum absolute atomic E-state index is 13.3. The molecule has 0 atom stereocenters. The van der Waals surface area contributed by atoms with Gasteiger partial charge < -0.3 is 0 Å². The fourth-order valence-electron chi connectivity index (χ4n) is 2.70. The highest BCUT2D eigenvalue weighted by Gasteiger charge is 2.33. The molecular formula is C20H13F4N5S. The maximum atomic E-state index is 13.3. The molecule has 0 aliphatic heterocycles. The molecule has 5 nitrogen and oxygen atoms in total. The fourth-order valence-corrected chi connectivity index (χ4v) is 3.45. The lowest BCUT2D eigenvalue weighted by Crippen LogP contribution is -2.09. The Morgan fingerprint density at radius 3 is 2.17 bits per heavy atom. The van der Waals surface area contributed by atoms with Crippen molar-refractivity contribution in [2.45, 2.75) is 22.9 Å². The summed E-state index contributed by atoms with van der Waals surface area (Å²) in [6, 6.07) is 17.5. The Bertz CT molecular complexity index is 1130. The van der Waals surface area contributed by atoms with Crippen LogP contribution in [0.3, 0.4) is 0 Å². The van der Waals surface area contributed by atoms with Crippen LogP contribution in [0.15, 0.2) is 76.9 Å². The second-order valence-corrected chi connectivity index (χ2v) is 7.23. The van der Waals surface area contributed by atoms with Crippen LogP contribution >= 0.6 is 11.8 Å². The highest BCUT2D eigenvalue weighted by molar-refractivity contribution is 7.99. The molecule has 2 aromatic heterocycles. The van der Waals surface area contributed by atoms with E-state index < -0.39 is 11.9 Å². The van der Waals surface area contributed by atoms with E-state index in [9.17, 15) is 17.6 Å². The fraction of sp³-hybridized carbons (Fsp3) is 0.100. The molecule has 4 rings (SSSR count). The van der Waals surface area contributed by atoms with E-state index in [1.807, 2.05) is 30.3 Å². The molecule has 0 aliphatic rings. The second kappa shape index (κ2) is 8.23. The zero-order valence-corrected chi connectivity index (χ0v) is 16.0. The van der Waals surface area contributed by atoms with E-state index >= 15 is 0 Å². The molecule has 0 aliphatic carbocycles. The summed E-state index contributed by atoms with van der Waals surface area (Å²) < 4.78 is 53.2. The van der Waals surface area contributed by atoms with Gasteiger partial charge in [0.25, 0.3) is 0 Å². The van der Waals surface area contributed by atoms with Crippen molar-refractivity contribution >= 4 is 11.8 Å². The van der Waals surface area contributed by atoms with Gasteiger partial charge in [-0.2, -0.15) is 13.2 Å². The first-order valence-corrected chi connectivity index (χ1v) is 9.53. The Hall–Kier alpha value is -3.27. The van der Waals surface area contributed by atoms with E-state index in [0.29, 0.717) is 23.1 Å². The van der Waals surface area contributed by atoms with Gasteiger partial charge in [0, 0.05) is 5.56 Å². The molecule has 0 fully saturated rings. The molecule has 0 saturated heterocycles. The largest absolute Gasteiger partial charge is 0.435 e. The Morgan fingerprint density at radius 2 is 1.53 bits per heavy atom. The lowest BCUT2D eigenvalue weighted by Gasteiger charge is -2.10. The molecule has 30 heavy (non-hydrogen) atoms. The number of alkyl halides is 3. The monoisotopic (exact) mass is 431 g/mol. The summed E-state index contributed by atoms with van der Waals surface area (Å²) in [4.78, 5) is 0. The normalized spacial score (nSPS) is 11.6. The van der Waals surface area contributed by atoms with E-state index in [1.165, 1.54) is 18.2 Å². The van der Waals surface area contributed by atoms with Gasteiger partial charge in [0.05, 0.1) is 6.54 Å². The summed E-state index contributed by atoms with van der Waals surface area (Å²) in [5, 5.41) is 15.9. The average molecular weight is 431 g/mol. The quantitative estimate of drug-likeness (QED) is 0.412. The van der Waals surface area contributed by atoms with E-state index in [4.69, 9.17) is 0 Å². The van der Waals surface area contributed by atoms with Gasteiger partial charge in [0.2, 0.25) is 0 Å². The number of nitrogens with zero attached hydrogens (tertiary/aromatic N) is 5. The Kier molecular flexibility index (Phi) is 5.49. The van der Waals surface area contributed by atoms with Crippen molar-refractivity contribution in [2.24, 2.45) is 0 Å². The van der Waals surface area contributed by atoms with Gasteiger partial charge in [-0.1, -0.05) is 30.3 Å². The van der Waals surface area contributed by atoms with Crippen LogP contribution < -0.4 is 0 Å². The molecule has 0 spiro atoms. The second-order valence-electron chi connectivity index (χ2n) is 6.24. The van der Waals surface area contributed by atoms with Crippen LogP contribution in [0.1, 0.15) is 11.3 Å². The minimum atomic E-state index is -4.56. The van der Waals surface area contributed by atoms with Gasteiger partial charge in [0.1, 0.15) is 10.8 Å². The van der Waals surface area contributed by atoms with Gasteiger partial charge >= 0.3 is 6.18 Å². The molecule has 0 N–H and O–H groups in total. The minimum absolute atomic E-state index is 0.246. The third-order valence-corrected chi connectivity index (χ3v) is 5.04. The van der Waals surface area contributed by atoms with Crippen LogP contribution in [-0.2, 0) is 12.7 Å². The third-order valence-electron chi connectivity index (χ3n) is 4.13. The van der Waals surface area contributed by atoms with Crippen molar-refractivity contribution in [1.29, 1.82) is 0 Å². The summed E-state index contributed by atoms with van der Waals surface area (Å²) in [6.45, 7) is 0.414. The van der Waals surface area contributed by atoms with E-state index in [0.717, 1.165) is 23.4 Å². The summed E-state index contributed by atoms with van der Waals surface area (Å²) in [7, 11) is 0. The van der Waals surface area contributed by atoms with Crippen molar-refractivity contribution in [3.63, 3.8) is 0 Å². The number of hydrogen-bond donors (Lipinski definition) is 0. The first-order chi connectivity index (χ1) is 14.4. The smallest absolute Gasteiger partial charge is 0.297 e. The van der Waals surface area contributed by atoms with Crippen LogP contribution in [-0.4, -0.2) is 25.0 Å². The summed E-state index contributed by atoms with van der Waals surface area (Å²) in [6.07, 6.45) is -4.56. The highest BCUT2D eigenvalue weighted by atomic mass is 32.2. The third kappa shape index (κ3) is 4.48. The molecule has 2 aromatic carbocycles. The van der Waals surface area contributed by atoms with Crippen molar-refractivity contribution in [3.8, 4) is 11.4 Å². The van der Waals surface area contributed by atoms with Crippen molar-refractivity contribution < 1.29 is 17.6 Å². The van der Waals surface area contributed by atoms with Gasteiger partial charge in [-0.15, -0.1) is 20.4 Å². The van der Waals surface area contributed by atoms with Crippen LogP contribution in [0, 0.1) is 5.82 Å². The number of rotatable bonds is 5. The standard InChI is InChI=1S/C20H13F4N5S/c21-15-8-6-14(7-9-15)18-27-28-19(29(18)12-13-4-2-1-3-5-13)30-17-11-10-16(25-26-17)20(22,23)24/h1-11H,12H2. The topological polar surface area (TPSA) is 56.5 Å². The summed E-state index contributed by atoms with van der Waals surface area (Å²) >= 11 is 1.05. The zero-order valence-electron chi connectivity index (χ0n) is 15.2. The van der Waals surface area contributed by atoms with Gasteiger partial charge in [-0.25, -0.2) is 4.39 Å². The zero-order chi connectivity index (χ0) is 21.1. The van der Waals surface area contributed by atoms with Crippen molar-refractivity contribution in [3.05, 3.63) is 83.8 Å². The van der Waals surface area contributed by atoms with Gasteiger partial charge in [-0.05, 0) is 53.7 Å². The SMILES string of the molecule is Fc1ccc(-c2nnc(Sc3ccc(C(F)(F)F)nn3)n2Cc2ccccc2)cc1. The molecule has 10 heteroatoms. The van der Waals surface area contributed by atoms with Crippen molar-refractivity contribution in [2.75, 3.05) is 0 Å². The van der Waals surface area contributed by atoms with Gasteiger partial charge in [-0.3, -0.25) is 4.57 Å². The lowest BCUT2D eigenvalue weighted by atomic mass is 10.2. The average Bonchev–Trinajstić information content (AvgIpc) is 3.11. The molecule has 2 heterocycles. The molecule has 0 unspecified atom stereocenters. The molecule has 4 aromatic rings. The summed E-state index contributed by atoms with van der Waals surface area (Å²) in [5.41, 5.74) is 0.566. The number of halogens is 4. The molecular weight excluding hydrogens is 418 g/mol. The Morgan fingerprint density at radius 1 is 0.800 bits per heavy atom. The van der Waals surface area contributed by atoms with Gasteiger partial charge in [0.15, 0.2) is 16.7 Å². The lowest BCUT2D eigenvalue weighted by molar-refractivity contribution is -0.141. The molecule has 0 saturated carbocycles. The highest BCUT2D eigenvalue weighted by Crippen LogP contribution is 2.31. The first-order valence-electron chi connectivity index (χ1n) is 8.72. The molecule has 0 radical (unpaired) electrons. The van der Waals surface area contributed by atoms with Crippen LogP contribution in [0.5, 0.6) is 0 Å². The van der Waals surface area contributed by atoms with Crippen LogP contribution in [0.25, 0.3) is 11.4 Å². The van der Waals surface area contributed by atoms with Crippen molar-refractivity contribution in [1.82, 2.24) is 25.0 Å². The maximum Gasteiger partial charge on any atom is 0.435 e. The molecule has 0 bridgehead atoms. The number of hydrogen-bond acceptors (Lipinski definition) is 5. The molecule has 152 valence electrons. The summed E-state index contributed by atoms with van der Waals surface area (Å²) in [5.74, 6) is 0.128. The minimum Gasteiger partial charge on any atom is -0.297 e. The van der Waals surface area contributed by atoms with E-state index in [1.54, 1.807) is 16.7 Å². The Balaban J connectivity index is 1.69. The van der Waals surface area contributed by atoms with Crippen LogP contribution in [0.2, 0.25) is 0 Å². The Labute approximate surface area is 172 Å².